The van der Waals surface area contributed by atoms with Gasteiger partial charge in [0.1, 0.15) is 10.1 Å². The number of hydrogen-bond donors (Lipinski definition) is 1. The van der Waals surface area contributed by atoms with Crippen molar-refractivity contribution in [3.8, 4) is 0 Å². The maximum Gasteiger partial charge on any atom is 0.233 e. The van der Waals surface area contributed by atoms with Crippen LogP contribution in [0.1, 0.15) is 25.3 Å². The molecule has 0 bridgehead atoms. The summed E-state index contributed by atoms with van der Waals surface area (Å²) < 4.78 is 13.6. The predicted molar refractivity (Wildman–Crippen MR) is 93.6 cm³/mol. The van der Waals surface area contributed by atoms with Crippen LogP contribution in [0.5, 0.6) is 0 Å². The van der Waals surface area contributed by atoms with Crippen LogP contribution in [0, 0.1) is 5.82 Å². The molecule has 2 rings (SSSR count). The van der Waals surface area contributed by atoms with Gasteiger partial charge in [-0.15, -0.1) is 0 Å². The lowest BCUT2D eigenvalue weighted by Gasteiger charge is -2.20. The fraction of sp³-hybridized carbons (Fsp3) is 0.500. The van der Waals surface area contributed by atoms with Crippen molar-refractivity contribution in [2.24, 2.45) is 0 Å². The zero-order chi connectivity index (χ0) is 15.9. The zero-order valence-corrected chi connectivity index (χ0v) is 14.3. The highest BCUT2D eigenvalue weighted by Gasteiger charge is 2.20. The quantitative estimate of drug-likeness (QED) is 0.835. The van der Waals surface area contributed by atoms with E-state index >= 15 is 0 Å². The van der Waals surface area contributed by atoms with Crippen LogP contribution in [0.25, 0.3) is 0 Å². The minimum absolute atomic E-state index is 0.00587. The second kappa shape index (κ2) is 8.48. The molecule has 1 saturated heterocycles. The first-order valence-electron chi connectivity index (χ1n) is 7.54. The van der Waals surface area contributed by atoms with Gasteiger partial charge in [0.05, 0.1) is 5.25 Å². The van der Waals surface area contributed by atoms with Crippen molar-refractivity contribution >= 4 is 34.2 Å². The van der Waals surface area contributed by atoms with Gasteiger partial charge in [0.15, 0.2) is 0 Å². The average molecular weight is 340 g/mol. The topological polar surface area (TPSA) is 32.3 Å². The van der Waals surface area contributed by atoms with E-state index in [-0.39, 0.29) is 17.0 Å². The third kappa shape index (κ3) is 5.25. The number of carbonyl (C=O) groups excluding carboxylic acids is 1. The van der Waals surface area contributed by atoms with Gasteiger partial charge in [-0.2, -0.15) is 0 Å². The standard InChI is InChI=1S/C16H21FN2OS2/c1-12(22-16(21)19-10-2-3-11-19)15(20)18-9-8-13-4-6-14(17)7-5-13/h4-7,12H,2-3,8-11H2,1H3,(H,18,20)/t12-/m1/s1. The average Bonchev–Trinajstić information content (AvgIpc) is 3.03. The van der Waals surface area contributed by atoms with Crippen LogP contribution < -0.4 is 5.32 Å². The Kier molecular flexibility index (Phi) is 6.64. The van der Waals surface area contributed by atoms with E-state index in [9.17, 15) is 9.18 Å². The van der Waals surface area contributed by atoms with Crippen molar-refractivity contribution in [2.75, 3.05) is 19.6 Å². The van der Waals surface area contributed by atoms with E-state index in [2.05, 4.69) is 10.2 Å². The van der Waals surface area contributed by atoms with Crippen LogP contribution >= 0.6 is 24.0 Å². The Hall–Kier alpha value is -1.14. The van der Waals surface area contributed by atoms with E-state index in [0.717, 1.165) is 23.0 Å². The highest BCUT2D eigenvalue weighted by Crippen LogP contribution is 2.20. The van der Waals surface area contributed by atoms with E-state index in [4.69, 9.17) is 12.2 Å². The Morgan fingerprint density at radius 3 is 2.64 bits per heavy atom. The van der Waals surface area contributed by atoms with E-state index in [1.807, 2.05) is 6.92 Å². The molecular weight excluding hydrogens is 319 g/mol. The number of hydrogen-bond acceptors (Lipinski definition) is 3. The molecule has 1 aromatic carbocycles. The second-order valence-corrected chi connectivity index (χ2v) is 7.36. The molecule has 0 spiro atoms. The van der Waals surface area contributed by atoms with Crippen LogP contribution in [0.15, 0.2) is 24.3 Å². The number of carbonyl (C=O) groups is 1. The summed E-state index contributed by atoms with van der Waals surface area (Å²) in [6.45, 7) is 4.43. The second-order valence-electron chi connectivity index (χ2n) is 5.39. The fourth-order valence-corrected chi connectivity index (χ4v) is 3.74. The predicted octanol–water partition coefficient (Wildman–Crippen LogP) is 2.99. The molecule has 1 aliphatic heterocycles. The summed E-state index contributed by atoms with van der Waals surface area (Å²) in [5.41, 5.74) is 1.01. The fourth-order valence-electron chi connectivity index (χ4n) is 2.30. The number of likely N-dealkylation sites (tertiary alicyclic amines) is 1. The SMILES string of the molecule is C[C@@H](SC(=S)N1CCCC1)C(=O)NCCc1ccc(F)cc1. The number of thioether (sulfide) groups is 1. The molecule has 0 aliphatic carbocycles. The highest BCUT2D eigenvalue weighted by atomic mass is 32.2. The van der Waals surface area contributed by atoms with E-state index < -0.39 is 0 Å². The molecule has 1 atom stereocenters. The molecule has 3 nitrogen and oxygen atoms in total. The molecule has 22 heavy (non-hydrogen) atoms. The van der Waals surface area contributed by atoms with Crippen LogP contribution in [0.2, 0.25) is 0 Å². The number of nitrogens with one attached hydrogen (secondary N) is 1. The molecule has 1 N–H and O–H groups in total. The molecular formula is C16H21FN2OS2. The normalized spacial score (nSPS) is 15.6. The lowest BCUT2D eigenvalue weighted by molar-refractivity contribution is -0.120. The number of halogens is 1. The van der Waals surface area contributed by atoms with Crippen molar-refractivity contribution in [3.63, 3.8) is 0 Å². The van der Waals surface area contributed by atoms with Crippen LogP contribution in [0.3, 0.4) is 0 Å². The van der Waals surface area contributed by atoms with Gasteiger partial charge in [-0.05, 0) is 43.9 Å². The van der Waals surface area contributed by atoms with Gasteiger partial charge in [-0.1, -0.05) is 36.1 Å². The minimum Gasteiger partial charge on any atom is -0.358 e. The Bertz CT molecular complexity index is 515. The summed E-state index contributed by atoms with van der Waals surface area (Å²) in [4.78, 5) is 14.2. The van der Waals surface area contributed by atoms with Crippen LogP contribution in [-0.4, -0.2) is 40.0 Å². The van der Waals surface area contributed by atoms with Gasteiger partial charge in [0.25, 0.3) is 0 Å². The molecule has 0 saturated carbocycles. The first-order chi connectivity index (χ1) is 10.6. The molecule has 0 radical (unpaired) electrons. The number of thiocarbonyl (C=S) groups is 1. The lowest BCUT2D eigenvalue weighted by atomic mass is 10.1. The Balaban J connectivity index is 1.69. The molecule has 1 fully saturated rings. The molecule has 1 aliphatic rings. The smallest absolute Gasteiger partial charge is 0.233 e. The molecule has 1 aromatic rings. The van der Waals surface area contributed by atoms with E-state index in [1.165, 1.54) is 36.7 Å². The first kappa shape index (κ1) is 17.2. The third-order valence-electron chi connectivity index (χ3n) is 3.64. The molecule has 1 amide bonds. The lowest BCUT2D eigenvalue weighted by Crippen LogP contribution is -2.35. The highest BCUT2D eigenvalue weighted by molar-refractivity contribution is 8.23. The summed E-state index contributed by atoms with van der Waals surface area (Å²) in [7, 11) is 0. The number of rotatable bonds is 5. The van der Waals surface area contributed by atoms with Gasteiger partial charge in [0.2, 0.25) is 5.91 Å². The molecule has 120 valence electrons. The molecule has 0 unspecified atom stereocenters. The van der Waals surface area contributed by atoms with Gasteiger partial charge >= 0.3 is 0 Å². The van der Waals surface area contributed by atoms with Crippen molar-refractivity contribution in [1.29, 1.82) is 0 Å². The van der Waals surface area contributed by atoms with E-state index in [1.54, 1.807) is 12.1 Å². The van der Waals surface area contributed by atoms with Crippen LogP contribution in [0.4, 0.5) is 4.39 Å². The Morgan fingerprint density at radius 1 is 1.36 bits per heavy atom. The number of benzene rings is 1. The maximum absolute atomic E-state index is 12.8. The van der Waals surface area contributed by atoms with Gasteiger partial charge in [-0.25, -0.2) is 4.39 Å². The van der Waals surface area contributed by atoms with E-state index in [0.29, 0.717) is 13.0 Å². The van der Waals surface area contributed by atoms with Crippen molar-refractivity contribution in [3.05, 3.63) is 35.6 Å². The number of amides is 1. The summed E-state index contributed by atoms with van der Waals surface area (Å²) in [6, 6.07) is 6.35. The Labute approximate surface area is 140 Å². The summed E-state index contributed by atoms with van der Waals surface area (Å²) >= 11 is 6.83. The van der Waals surface area contributed by atoms with Gasteiger partial charge in [-0.3, -0.25) is 4.79 Å². The molecule has 0 aromatic heterocycles. The largest absolute Gasteiger partial charge is 0.358 e. The monoisotopic (exact) mass is 340 g/mol. The third-order valence-corrected chi connectivity index (χ3v) is 5.21. The van der Waals surface area contributed by atoms with Crippen molar-refractivity contribution in [2.45, 2.75) is 31.4 Å². The van der Waals surface area contributed by atoms with Crippen molar-refractivity contribution in [1.82, 2.24) is 10.2 Å². The van der Waals surface area contributed by atoms with Crippen LogP contribution in [-0.2, 0) is 11.2 Å². The van der Waals surface area contributed by atoms with Gasteiger partial charge < -0.3 is 10.2 Å². The summed E-state index contributed by atoms with van der Waals surface area (Å²) in [6.07, 6.45) is 3.05. The van der Waals surface area contributed by atoms with Gasteiger partial charge in [0, 0.05) is 19.6 Å². The summed E-state index contributed by atoms with van der Waals surface area (Å²) in [5.74, 6) is -0.248. The zero-order valence-electron chi connectivity index (χ0n) is 12.7. The summed E-state index contributed by atoms with van der Waals surface area (Å²) in [5, 5.41) is 2.72. The number of nitrogens with zero attached hydrogens (tertiary/aromatic N) is 1. The minimum atomic E-state index is -0.242. The maximum atomic E-state index is 12.8. The molecule has 6 heteroatoms. The Morgan fingerprint density at radius 2 is 2.00 bits per heavy atom. The first-order valence-corrected chi connectivity index (χ1v) is 8.83. The van der Waals surface area contributed by atoms with Crippen molar-refractivity contribution < 1.29 is 9.18 Å². The molecule has 1 heterocycles.